The number of ether oxygens (including phenoxy) is 1. The number of nitrogens with zero attached hydrogens (tertiary/aromatic N) is 3. The summed E-state index contributed by atoms with van der Waals surface area (Å²) in [6.07, 6.45) is 3.52. The summed E-state index contributed by atoms with van der Waals surface area (Å²) in [5.74, 6) is 0.945. The van der Waals surface area contributed by atoms with Crippen LogP contribution in [0.2, 0.25) is 0 Å². The van der Waals surface area contributed by atoms with E-state index >= 15 is 0 Å². The highest BCUT2D eigenvalue weighted by atomic mass is 16.5. The molecular weight excluding hydrogens is 314 g/mol. The first-order chi connectivity index (χ1) is 11.7. The van der Waals surface area contributed by atoms with E-state index in [-0.39, 0.29) is 22.1 Å². The molecular formula is C20H31N3O2. The second-order valence-corrected chi connectivity index (χ2v) is 10.00. The third-order valence-corrected chi connectivity index (χ3v) is 7.31. The van der Waals surface area contributed by atoms with Gasteiger partial charge in [-0.1, -0.05) is 13.8 Å². The molecule has 0 radical (unpaired) electrons. The molecule has 5 fully saturated rings. The average Bonchev–Trinajstić information content (AvgIpc) is 2.50. The van der Waals surface area contributed by atoms with Crippen molar-refractivity contribution in [1.29, 1.82) is 5.26 Å². The summed E-state index contributed by atoms with van der Waals surface area (Å²) in [7, 11) is 0. The van der Waals surface area contributed by atoms with Crippen LogP contribution in [0.25, 0.3) is 0 Å². The maximum atomic E-state index is 13.0. The van der Waals surface area contributed by atoms with Crippen LogP contribution in [0, 0.1) is 28.1 Å². The summed E-state index contributed by atoms with van der Waals surface area (Å²) in [4.78, 5) is 18.2. The Labute approximate surface area is 151 Å². The van der Waals surface area contributed by atoms with Crippen LogP contribution >= 0.6 is 0 Å². The third-order valence-electron chi connectivity index (χ3n) is 7.31. The maximum Gasteiger partial charge on any atom is 0.149 e. The molecule has 5 aliphatic rings. The van der Waals surface area contributed by atoms with Crippen molar-refractivity contribution >= 4 is 5.78 Å². The van der Waals surface area contributed by atoms with Gasteiger partial charge in [-0.3, -0.25) is 14.6 Å². The Morgan fingerprint density at radius 2 is 1.68 bits per heavy atom. The molecule has 0 aromatic rings. The van der Waals surface area contributed by atoms with Gasteiger partial charge in [0.05, 0.1) is 28.2 Å². The van der Waals surface area contributed by atoms with E-state index in [0.717, 1.165) is 52.0 Å². The molecule has 0 saturated carbocycles. The number of Topliss-reactive ketones (excluding diaryl/α,β-unsaturated/α-hetero) is 1. The fraction of sp³-hybridized carbons (Fsp3) is 0.900. The Morgan fingerprint density at radius 3 is 2.16 bits per heavy atom. The van der Waals surface area contributed by atoms with Crippen LogP contribution in [0.15, 0.2) is 0 Å². The molecule has 5 rings (SSSR count). The maximum absolute atomic E-state index is 13.0. The molecule has 0 amide bonds. The lowest BCUT2D eigenvalue weighted by Gasteiger charge is -2.72. The van der Waals surface area contributed by atoms with Crippen molar-refractivity contribution in [1.82, 2.24) is 9.80 Å². The Morgan fingerprint density at radius 1 is 1.12 bits per heavy atom. The van der Waals surface area contributed by atoms with E-state index in [1.807, 2.05) is 0 Å². The number of ketones is 1. The first-order valence-electron chi connectivity index (χ1n) is 9.71. The smallest absolute Gasteiger partial charge is 0.149 e. The predicted molar refractivity (Wildman–Crippen MR) is 94.7 cm³/mol. The number of piperidine rings is 2. The molecule has 5 nitrogen and oxygen atoms in total. The van der Waals surface area contributed by atoms with Gasteiger partial charge in [-0.2, -0.15) is 5.26 Å². The minimum atomic E-state index is -0.248. The number of nitriles is 1. The van der Waals surface area contributed by atoms with Crippen LogP contribution in [0.1, 0.15) is 53.4 Å². The first kappa shape index (κ1) is 17.5. The molecule has 1 atom stereocenters. The highest BCUT2D eigenvalue weighted by Crippen LogP contribution is 2.56. The zero-order chi connectivity index (χ0) is 18.1. The molecule has 25 heavy (non-hydrogen) atoms. The number of hydrogen-bond donors (Lipinski definition) is 0. The average molecular weight is 345 g/mol. The molecule has 5 saturated heterocycles. The van der Waals surface area contributed by atoms with Crippen LogP contribution in [-0.4, -0.2) is 59.6 Å². The highest BCUT2D eigenvalue weighted by Gasteiger charge is 2.68. The number of rotatable bonds is 3. The summed E-state index contributed by atoms with van der Waals surface area (Å²) >= 11 is 0. The monoisotopic (exact) mass is 345 g/mol. The van der Waals surface area contributed by atoms with Crippen molar-refractivity contribution in [3.8, 4) is 6.07 Å². The highest BCUT2D eigenvalue weighted by molar-refractivity contribution is 5.92. The molecule has 0 unspecified atom stereocenters. The summed E-state index contributed by atoms with van der Waals surface area (Å²) in [6.45, 7) is 12.8. The SMILES string of the molecule is CC1(C)C[C@@H](C2(CCC#N)N3CC4(C)CN2CC(C)(C3)C4=O)CCO1. The van der Waals surface area contributed by atoms with Crippen LogP contribution in [0.3, 0.4) is 0 Å². The normalized spacial score (nSPS) is 50.7. The molecule has 0 aromatic heterocycles. The summed E-state index contributed by atoms with van der Waals surface area (Å²) in [5, 5.41) is 9.31. The quantitative estimate of drug-likeness (QED) is 0.786. The van der Waals surface area contributed by atoms with Gasteiger partial charge >= 0.3 is 0 Å². The molecule has 0 spiro atoms. The summed E-state index contributed by atoms with van der Waals surface area (Å²) in [6, 6.07) is 2.39. The van der Waals surface area contributed by atoms with Crippen LogP contribution < -0.4 is 0 Å². The van der Waals surface area contributed by atoms with Gasteiger partial charge in [-0.25, -0.2) is 0 Å². The van der Waals surface area contributed by atoms with E-state index < -0.39 is 0 Å². The van der Waals surface area contributed by atoms with Crippen LogP contribution in [0.4, 0.5) is 0 Å². The van der Waals surface area contributed by atoms with Crippen molar-refractivity contribution in [3.63, 3.8) is 0 Å². The van der Waals surface area contributed by atoms with Crippen molar-refractivity contribution in [2.75, 3.05) is 32.8 Å². The van der Waals surface area contributed by atoms with Gasteiger partial charge in [-0.05, 0) is 39.0 Å². The first-order valence-corrected chi connectivity index (χ1v) is 9.71. The van der Waals surface area contributed by atoms with E-state index in [4.69, 9.17) is 4.74 Å². The van der Waals surface area contributed by atoms with Crippen LogP contribution in [0.5, 0.6) is 0 Å². The molecule has 0 aromatic carbocycles. The van der Waals surface area contributed by atoms with Gasteiger partial charge in [0, 0.05) is 39.2 Å². The number of carbonyl (C=O) groups is 1. The van der Waals surface area contributed by atoms with Crippen molar-refractivity contribution < 1.29 is 9.53 Å². The fourth-order valence-electron chi connectivity index (χ4n) is 6.56. The molecule has 0 N–H and O–H groups in total. The zero-order valence-corrected chi connectivity index (χ0v) is 16.1. The van der Waals surface area contributed by atoms with Crippen molar-refractivity contribution in [2.24, 2.45) is 16.7 Å². The topological polar surface area (TPSA) is 56.6 Å². The molecule has 5 heteroatoms. The lowest BCUT2D eigenvalue weighted by molar-refractivity contribution is -0.260. The van der Waals surface area contributed by atoms with Gasteiger partial charge in [0.2, 0.25) is 0 Å². The van der Waals surface area contributed by atoms with Gasteiger partial charge in [0.15, 0.2) is 0 Å². The standard InChI is InChI=1S/C20H31N3O2/c1-17(2)10-15(6-9-25-17)20(7-5-8-21)22-11-18(3)12-23(20)14-19(4,13-22)16(18)24/h15H,5-7,9-14H2,1-4H3/t15-,18?,19?,20?/m0/s1. The number of hydrogen-bond acceptors (Lipinski definition) is 5. The number of carbonyl (C=O) groups excluding carboxylic acids is 1. The minimum absolute atomic E-state index is 0.0729. The van der Waals surface area contributed by atoms with E-state index in [9.17, 15) is 10.1 Å². The third kappa shape index (κ3) is 2.34. The van der Waals surface area contributed by atoms with E-state index in [1.54, 1.807) is 0 Å². The predicted octanol–water partition coefficient (Wildman–Crippen LogP) is 2.42. The molecule has 5 heterocycles. The molecule has 5 aliphatic heterocycles. The van der Waals surface area contributed by atoms with Gasteiger partial charge in [0.1, 0.15) is 5.78 Å². The summed E-state index contributed by atoms with van der Waals surface area (Å²) < 4.78 is 5.99. The van der Waals surface area contributed by atoms with Crippen molar-refractivity contribution in [3.05, 3.63) is 0 Å². The van der Waals surface area contributed by atoms with Gasteiger partial charge < -0.3 is 4.74 Å². The van der Waals surface area contributed by atoms with Gasteiger partial charge in [-0.15, -0.1) is 0 Å². The molecule has 4 bridgehead atoms. The minimum Gasteiger partial charge on any atom is -0.376 e. The summed E-state index contributed by atoms with van der Waals surface area (Å²) in [5.41, 5.74) is -0.677. The van der Waals surface area contributed by atoms with E-state index in [0.29, 0.717) is 18.1 Å². The Kier molecular flexibility index (Phi) is 3.69. The van der Waals surface area contributed by atoms with E-state index in [1.165, 1.54) is 0 Å². The largest absolute Gasteiger partial charge is 0.376 e. The fourth-order valence-corrected chi connectivity index (χ4v) is 6.56. The molecule has 0 aliphatic carbocycles. The zero-order valence-electron chi connectivity index (χ0n) is 16.1. The van der Waals surface area contributed by atoms with Gasteiger partial charge in [0.25, 0.3) is 0 Å². The lowest BCUT2D eigenvalue weighted by atomic mass is 9.58. The Bertz CT molecular complexity index is 595. The Hall–Kier alpha value is -0.960. The molecule has 138 valence electrons. The second kappa shape index (κ2) is 5.28. The van der Waals surface area contributed by atoms with Crippen molar-refractivity contribution in [2.45, 2.75) is 64.6 Å². The van der Waals surface area contributed by atoms with E-state index in [2.05, 4.69) is 43.6 Å². The lowest BCUT2D eigenvalue weighted by Crippen LogP contribution is -2.84. The van der Waals surface area contributed by atoms with Crippen LogP contribution in [-0.2, 0) is 9.53 Å². The second-order valence-electron chi connectivity index (χ2n) is 10.00. The Balaban J connectivity index is 1.74.